The van der Waals surface area contributed by atoms with E-state index in [4.69, 9.17) is 5.11 Å². The predicted molar refractivity (Wildman–Crippen MR) is 72.0 cm³/mol. The Kier molecular flexibility index (Phi) is 4.67. The van der Waals surface area contributed by atoms with Gasteiger partial charge in [-0.05, 0) is 38.5 Å². The molecule has 1 aromatic rings. The number of nitrogens with one attached hydrogen (secondary N) is 2. The fourth-order valence-electron chi connectivity index (χ4n) is 1.38. The van der Waals surface area contributed by atoms with Crippen molar-refractivity contribution in [3.8, 4) is 0 Å². The van der Waals surface area contributed by atoms with E-state index in [1.165, 1.54) is 12.1 Å². The van der Waals surface area contributed by atoms with Crippen LogP contribution in [0.3, 0.4) is 0 Å². The van der Waals surface area contributed by atoms with Gasteiger partial charge in [-0.25, -0.2) is 4.79 Å². The van der Waals surface area contributed by atoms with Gasteiger partial charge in [0.15, 0.2) is 0 Å². The van der Waals surface area contributed by atoms with Gasteiger partial charge in [-0.15, -0.1) is 0 Å². The van der Waals surface area contributed by atoms with Crippen molar-refractivity contribution >= 4 is 16.2 Å². The first-order chi connectivity index (χ1) is 8.59. The molecule has 6 nitrogen and oxygen atoms in total. The smallest absolute Gasteiger partial charge is 0.335 e. The quantitative estimate of drug-likeness (QED) is 0.755. The topological polar surface area (TPSA) is 95.5 Å². The standard InChI is InChI=1S/C12H18N2O4S/c1-12(2,3)14-19(17,18)13-8-9-4-6-10(7-5-9)11(15)16/h4-7,13-14H,8H2,1-3H3,(H,15,16). The molecule has 1 aromatic carbocycles. The Hall–Kier alpha value is -1.44. The number of hydrogen-bond donors (Lipinski definition) is 3. The van der Waals surface area contributed by atoms with E-state index in [-0.39, 0.29) is 12.1 Å². The number of benzene rings is 1. The Morgan fingerprint density at radius 3 is 2.16 bits per heavy atom. The van der Waals surface area contributed by atoms with Crippen LogP contribution >= 0.6 is 0 Å². The van der Waals surface area contributed by atoms with Gasteiger partial charge in [0.1, 0.15) is 0 Å². The average molecular weight is 286 g/mol. The third-order valence-electron chi connectivity index (χ3n) is 2.11. The maximum Gasteiger partial charge on any atom is 0.335 e. The van der Waals surface area contributed by atoms with Gasteiger partial charge in [-0.1, -0.05) is 12.1 Å². The summed E-state index contributed by atoms with van der Waals surface area (Å²) in [5, 5.41) is 8.74. The zero-order valence-corrected chi connectivity index (χ0v) is 11.9. The third kappa shape index (κ3) is 5.82. The lowest BCUT2D eigenvalue weighted by Gasteiger charge is -2.20. The lowest BCUT2D eigenvalue weighted by molar-refractivity contribution is 0.0697. The molecule has 0 atom stereocenters. The van der Waals surface area contributed by atoms with Gasteiger partial charge < -0.3 is 5.11 Å². The minimum absolute atomic E-state index is 0.102. The normalized spacial score (nSPS) is 12.4. The summed E-state index contributed by atoms with van der Waals surface area (Å²) in [7, 11) is -3.58. The first-order valence-corrected chi connectivity index (χ1v) is 7.18. The third-order valence-corrected chi connectivity index (χ3v) is 3.51. The van der Waals surface area contributed by atoms with Crippen molar-refractivity contribution < 1.29 is 18.3 Å². The molecular formula is C12H18N2O4S. The highest BCUT2D eigenvalue weighted by Gasteiger charge is 2.19. The number of hydrogen-bond acceptors (Lipinski definition) is 3. The summed E-state index contributed by atoms with van der Waals surface area (Å²) in [6.07, 6.45) is 0. The maximum absolute atomic E-state index is 11.7. The Labute approximate surface area is 113 Å². The van der Waals surface area contributed by atoms with Gasteiger partial charge in [-0.2, -0.15) is 17.9 Å². The number of rotatable bonds is 5. The molecule has 19 heavy (non-hydrogen) atoms. The summed E-state index contributed by atoms with van der Waals surface area (Å²) >= 11 is 0. The first kappa shape index (κ1) is 15.6. The van der Waals surface area contributed by atoms with Crippen molar-refractivity contribution in [3.05, 3.63) is 35.4 Å². The minimum atomic E-state index is -3.58. The molecular weight excluding hydrogens is 268 g/mol. The van der Waals surface area contributed by atoms with Crippen LogP contribution in [0.4, 0.5) is 0 Å². The summed E-state index contributed by atoms with van der Waals surface area (Å²) in [6.45, 7) is 5.33. The van der Waals surface area contributed by atoms with Crippen molar-refractivity contribution in [2.75, 3.05) is 0 Å². The largest absolute Gasteiger partial charge is 0.478 e. The molecule has 0 unspecified atom stereocenters. The zero-order valence-electron chi connectivity index (χ0n) is 11.1. The molecule has 106 valence electrons. The van der Waals surface area contributed by atoms with E-state index in [0.717, 1.165) is 0 Å². The first-order valence-electron chi connectivity index (χ1n) is 5.70. The van der Waals surface area contributed by atoms with Crippen LogP contribution in [-0.4, -0.2) is 25.0 Å². The fraction of sp³-hybridized carbons (Fsp3) is 0.417. The highest BCUT2D eigenvalue weighted by Crippen LogP contribution is 2.05. The number of carbonyl (C=O) groups is 1. The molecule has 1 rings (SSSR count). The Morgan fingerprint density at radius 1 is 1.21 bits per heavy atom. The molecule has 0 aliphatic rings. The van der Waals surface area contributed by atoms with Crippen LogP contribution in [0.2, 0.25) is 0 Å². The molecule has 0 fully saturated rings. The number of carboxylic acid groups (broad SMARTS) is 1. The van der Waals surface area contributed by atoms with E-state index in [2.05, 4.69) is 9.44 Å². The second kappa shape index (κ2) is 5.68. The van der Waals surface area contributed by atoms with Crippen molar-refractivity contribution in [1.29, 1.82) is 0 Å². The van der Waals surface area contributed by atoms with Crippen LogP contribution in [-0.2, 0) is 16.8 Å². The van der Waals surface area contributed by atoms with Crippen molar-refractivity contribution in [2.24, 2.45) is 0 Å². The summed E-state index contributed by atoms with van der Waals surface area (Å²) in [5.41, 5.74) is 0.294. The van der Waals surface area contributed by atoms with E-state index in [1.807, 2.05) is 0 Å². The predicted octanol–water partition coefficient (Wildman–Crippen LogP) is 1.11. The van der Waals surface area contributed by atoms with Crippen LogP contribution < -0.4 is 9.44 Å². The molecule has 0 spiro atoms. The van der Waals surface area contributed by atoms with Gasteiger partial charge in [-0.3, -0.25) is 0 Å². The molecule has 0 saturated carbocycles. The summed E-state index contributed by atoms with van der Waals surface area (Å²) in [5.74, 6) is -1.01. The van der Waals surface area contributed by atoms with Gasteiger partial charge in [0.25, 0.3) is 10.2 Å². The minimum Gasteiger partial charge on any atom is -0.478 e. The Balaban J connectivity index is 2.64. The van der Waals surface area contributed by atoms with Crippen LogP contribution in [0.5, 0.6) is 0 Å². The molecule has 0 amide bonds. The molecule has 3 N–H and O–H groups in total. The SMILES string of the molecule is CC(C)(C)NS(=O)(=O)NCc1ccc(C(=O)O)cc1. The highest BCUT2D eigenvalue weighted by atomic mass is 32.2. The van der Waals surface area contributed by atoms with Crippen LogP contribution in [0, 0.1) is 0 Å². The second-order valence-electron chi connectivity index (χ2n) is 5.18. The monoisotopic (exact) mass is 286 g/mol. The lowest BCUT2D eigenvalue weighted by Crippen LogP contribution is -2.46. The molecule has 0 bridgehead atoms. The van der Waals surface area contributed by atoms with Gasteiger partial charge in [0.05, 0.1) is 5.56 Å². The number of carboxylic acids is 1. The average Bonchev–Trinajstić information content (AvgIpc) is 2.24. The molecule has 0 radical (unpaired) electrons. The molecule has 0 aliphatic heterocycles. The summed E-state index contributed by atoms with van der Waals surface area (Å²) in [6, 6.07) is 6.01. The van der Waals surface area contributed by atoms with Crippen molar-refractivity contribution in [1.82, 2.24) is 9.44 Å². The molecule has 0 aromatic heterocycles. The highest BCUT2D eigenvalue weighted by molar-refractivity contribution is 7.87. The zero-order chi connectivity index (χ0) is 14.7. The van der Waals surface area contributed by atoms with E-state index in [0.29, 0.717) is 5.56 Å². The number of aromatic carboxylic acids is 1. The second-order valence-corrected chi connectivity index (χ2v) is 6.68. The molecule has 0 saturated heterocycles. The summed E-state index contributed by atoms with van der Waals surface area (Å²) in [4.78, 5) is 10.7. The summed E-state index contributed by atoms with van der Waals surface area (Å²) < 4.78 is 28.2. The van der Waals surface area contributed by atoms with Crippen molar-refractivity contribution in [2.45, 2.75) is 32.9 Å². The molecule has 0 heterocycles. The molecule has 7 heteroatoms. The molecule has 0 aliphatic carbocycles. The fourth-order valence-corrected chi connectivity index (χ4v) is 2.62. The Bertz CT molecular complexity index is 544. The van der Waals surface area contributed by atoms with E-state index >= 15 is 0 Å². The van der Waals surface area contributed by atoms with Gasteiger partial charge in [0.2, 0.25) is 0 Å². The van der Waals surface area contributed by atoms with E-state index in [9.17, 15) is 13.2 Å². The van der Waals surface area contributed by atoms with Gasteiger partial charge in [0, 0.05) is 12.1 Å². The van der Waals surface area contributed by atoms with E-state index in [1.54, 1.807) is 32.9 Å². The maximum atomic E-state index is 11.7. The van der Waals surface area contributed by atoms with Crippen molar-refractivity contribution in [3.63, 3.8) is 0 Å². The van der Waals surface area contributed by atoms with Crippen LogP contribution in [0.15, 0.2) is 24.3 Å². The van der Waals surface area contributed by atoms with Gasteiger partial charge >= 0.3 is 5.97 Å². The van der Waals surface area contributed by atoms with Crippen LogP contribution in [0.25, 0.3) is 0 Å². The Morgan fingerprint density at radius 2 is 1.74 bits per heavy atom. The lowest BCUT2D eigenvalue weighted by atomic mass is 10.1. The van der Waals surface area contributed by atoms with E-state index < -0.39 is 21.7 Å². The van der Waals surface area contributed by atoms with Crippen LogP contribution in [0.1, 0.15) is 36.7 Å².